The summed E-state index contributed by atoms with van der Waals surface area (Å²) in [6.45, 7) is 11.0. The van der Waals surface area contributed by atoms with Crippen LogP contribution in [-0.2, 0) is 6.54 Å². The Balaban J connectivity index is 2.55. The highest BCUT2D eigenvalue weighted by Crippen LogP contribution is 2.19. The summed E-state index contributed by atoms with van der Waals surface area (Å²) in [5.41, 5.74) is 2.68. The van der Waals surface area contributed by atoms with E-state index in [1.54, 1.807) is 0 Å². The van der Waals surface area contributed by atoms with Gasteiger partial charge in [-0.3, -0.25) is 0 Å². The molecule has 0 heterocycles. The molecular formula is C17H30N2. The van der Waals surface area contributed by atoms with Gasteiger partial charge in [-0.2, -0.15) is 0 Å². The predicted molar refractivity (Wildman–Crippen MR) is 85.8 cm³/mol. The smallest absolute Gasteiger partial charge is 0.0366 e. The molecule has 19 heavy (non-hydrogen) atoms. The summed E-state index contributed by atoms with van der Waals surface area (Å²) < 4.78 is 0. The molecule has 1 N–H and O–H groups in total. The second-order valence-electron chi connectivity index (χ2n) is 5.77. The van der Waals surface area contributed by atoms with Crippen LogP contribution in [0.25, 0.3) is 0 Å². The number of hydrogen-bond donors (Lipinski definition) is 1. The standard InChI is InChI=1S/C17H30N2/c1-6-16(7-2)19(5)17-10-8-15(9-11-17)13-18-12-14(3)4/h8-11,14,16,18H,6-7,12-13H2,1-5H3. The van der Waals surface area contributed by atoms with Crippen LogP contribution in [0.5, 0.6) is 0 Å². The first-order valence-electron chi connectivity index (χ1n) is 7.60. The molecule has 0 aromatic heterocycles. The molecule has 0 spiro atoms. The first-order chi connectivity index (χ1) is 9.08. The van der Waals surface area contributed by atoms with E-state index in [-0.39, 0.29) is 0 Å². The van der Waals surface area contributed by atoms with Crippen molar-refractivity contribution in [1.82, 2.24) is 5.32 Å². The largest absolute Gasteiger partial charge is 0.372 e. The zero-order valence-electron chi connectivity index (χ0n) is 13.2. The van der Waals surface area contributed by atoms with Gasteiger partial charge in [0.05, 0.1) is 0 Å². The molecule has 0 radical (unpaired) electrons. The number of nitrogens with zero attached hydrogens (tertiary/aromatic N) is 1. The van der Waals surface area contributed by atoms with E-state index in [4.69, 9.17) is 0 Å². The molecule has 0 atom stereocenters. The molecule has 0 aliphatic rings. The molecule has 1 aromatic carbocycles. The molecule has 0 fully saturated rings. The van der Waals surface area contributed by atoms with Gasteiger partial charge in [0.1, 0.15) is 0 Å². The monoisotopic (exact) mass is 262 g/mol. The Labute approximate surface area is 119 Å². The van der Waals surface area contributed by atoms with E-state index >= 15 is 0 Å². The van der Waals surface area contributed by atoms with Gasteiger partial charge >= 0.3 is 0 Å². The second-order valence-corrected chi connectivity index (χ2v) is 5.77. The number of nitrogens with one attached hydrogen (secondary N) is 1. The average molecular weight is 262 g/mol. The summed E-state index contributed by atoms with van der Waals surface area (Å²) in [6.07, 6.45) is 2.40. The van der Waals surface area contributed by atoms with E-state index in [0.29, 0.717) is 12.0 Å². The molecule has 1 aromatic rings. The van der Waals surface area contributed by atoms with Gasteiger partial charge in [0.25, 0.3) is 0 Å². The van der Waals surface area contributed by atoms with Crippen molar-refractivity contribution in [3.8, 4) is 0 Å². The number of anilines is 1. The summed E-state index contributed by atoms with van der Waals surface area (Å²) in [7, 11) is 2.20. The lowest BCUT2D eigenvalue weighted by Gasteiger charge is -2.28. The molecule has 0 saturated carbocycles. The molecule has 0 amide bonds. The van der Waals surface area contributed by atoms with Crippen molar-refractivity contribution < 1.29 is 0 Å². The maximum absolute atomic E-state index is 3.48. The number of benzene rings is 1. The van der Waals surface area contributed by atoms with Gasteiger partial charge in [-0.1, -0.05) is 39.8 Å². The van der Waals surface area contributed by atoms with Gasteiger partial charge < -0.3 is 10.2 Å². The van der Waals surface area contributed by atoms with Gasteiger partial charge in [0, 0.05) is 25.3 Å². The van der Waals surface area contributed by atoms with E-state index in [9.17, 15) is 0 Å². The maximum atomic E-state index is 3.48. The average Bonchev–Trinajstić information content (AvgIpc) is 2.40. The zero-order valence-corrected chi connectivity index (χ0v) is 13.2. The topological polar surface area (TPSA) is 15.3 Å². The fraction of sp³-hybridized carbons (Fsp3) is 0.647. The van der Waals surface area contributed by atoms with Crippen LogP contribution in [0.3, 0.4) is 0 Å². The Kier molecular flexibility index (Phi) is 6.93. The predicted octanol–water partition coefficient (Wildman–Crippen LogP) is 4.06. The molecule has 1 rings (SSSR count). The minimum absolute atomic E-state index is 0.643. The van der Waals surface area contributed by atoms with Crippen LogP contribution in [0.2, 0.25) is 0 Å². The lowest BCUT2D eigenvalue weighted by atomic mass is 10.1. The van der Waals surface area contributed by atoms with Crippen molar-refractivity contribution in [1.29, 1.82) is 0 Å². The van der Waals surface area contributed by atoms with E-state index in [1.165, 1.54) is 24.1 Å². The third kappa shape index (κ3) is 5.23. The second kappa shape index (κ2) is 8.21. The summed E-state index contributed by atoms with van der Waals surface area (Å²) in [4.78, 5) is 2.39. The first kappa shape index (κ1) is 16.0. The summed E-state index contributed by atoms with van der Waals surface area (Å²) in [6, 6.07) is 9.60. The molecule has 2 heteroatoms. The normalized spacial score (nSPS) is 11.3. The summed E-state index contributed by atoms with van der Waals surface area (Å²) in [5.74, 6) is 0.709. The molecule has 0 saturated heterocycles. The lowest BCUT2D eigenvalue weighted by molar-refractivity contribution is 0.552. The van der Waals surface area contributed by atoms with E-state index in [2.05, 4.69) is 69.2 Å². The minimum Gasteiger partial charge on any atom is -0.372 e. The quantitative estimate of drug-likeness (QED) is 0.760. The van der Waals surface area contributed by atoms with Crippen molar-refractivity contribution in [2.24, 2.45) is 5.92 Å². The molecule has 0 aliphatic carbocycles. The SMILES string of the molecule is CCC(CC)N(C)c1ccc(CNCC(C)C)cc1. The van der Waals surface area contributed by atoms with Crippen molar-refractivity contribution in [2.45, 2.75) is 53.1 Å². The molecular weight excluding hydrogens is 232 g/mol. The van der Waals surface area contributed by atoms with Gasteiger partial charge in [0.15, 0.2) is 0 Å². The van der Waals surface area contributed by atoms with Gasteiger partial charge in [-0.15, -0.1) is 0 Å². The van der Waals surface area contributed by atoms with Crippen LogP contribution in [0.15, 0.2) is 24.3 Å². The van der Waals surface area contributed by atoms with Crippen molar-refractivity contribution in [3.63, 3.8) is 0 Å². The van der Waals surface area contributed by atoms with Crippen LogP contribution in [0, 0.1) is 5.92 Å². The zero-order chi connectivity index (χ0) is 14.3. The van der Waals surface area contributed by atoms with Crippen LogP contribution in [0.4, 0.5) is 5.69 Å². The first-order valence-corrected chi connectivity index (χ1v) is 7.60. The molecule has 0 unspecified atom stereocenters. The van der Waals surface area contributed by atoms with Crippen molar-refractivity contribution in [3.05, 3.63) is 29.8 Å². The van der Waals surface area contributed by atoms with E-state index in [0.717, 1.165) is 13.1 Å². The fourth-order valence-electron chi connectivity index (χ4n) is 2.40. The molecule has 0 aliphatic heterocycles. The third-order valence-corrected chi connectivity index (χ3v) is 3.72. The Morgan fingerprint density at radius 1 is 1.05 bits per heavy atom. The molecule has 108 valence electrons. The highest BCUT2D eigenvalue weighted by molar-refractivity contribution is 5.47. The highest BCUT2D eigenvalue weighted by atomic mass is 15.1. The lowest BCUT2D eigenvalue weighted by Crippen LogP contribution is -2.30. The molecule has 2 nitrogen and oxygen atoms in total. The Bertz CT molecular complexity index is 339. The van der Waals surface area contributed by atoms with Crippen LogP contribution in [0.1, 0.15) is 46.1 Å². The Hall–Kier alpha value is -1.02. The Morgan fingerprint density at radius 2 is 1.63 bits per heavy atom. The van der Waals surface area contributed by atoms with Crippen LogP contribution in [-0.4, -0.2) is 19.6 Å². The van der Waals surface area contributed by atoms with Crippen LogP contribution >= 0.6 is 0 Å². The minimum atomic E-state index is 0.643. The van der Waals surface area contributed by atoms with E-state index < -0.39 is 0 Å². The van der Waals surface area contributed by atoms with Gasteiger partial charge in [-0.25, -0.2) is 0 Å². The molecule has 0 bridgehead atoms. The maximum Gasteiger partial charge on any atom is 0.0366 e. The van der Waals surface area contributed by atoms with Crippen LogP contribution < -0.4 is 10.2 Å². The Morgan fingerprint density at radius 3 is 2.11 bits per heavy atom. The van der Waals surface area contributed by atoms with Crippen molar-refractivity contribution >= 4 is 5.69 Å². The fourth-order valence-corrected chi connectivity index (χ4v) is 2.40. The number of hydrogen-bond acceptors (Lipinski definition) is 2. The number of rotatable bonds is 8. The summed E-state index contributed by atoms with van der Waals surface area (Å²) in [5, 5.41) is 3.48. The summed E-state index contributed by atoms with van der Waals surface area (Å²) >= 11 is 0. The van der Waals surface area contributed by atoms with Gasteiger partial charge in [0.2, 0.25) is 0 Å². The van der Waals surface area contributed by atoms with E-state index in [1.807, 2.05) is 0 Å². The van der Waals surface area contributed by atoms with Gasteiger partial charge in [-0.05, 0) is 43.0 Å². The highest BCUT2D eigenvalue weighted by Gasteiger charge is 2.10. The van der Waals surface area contributed by atoms with Crippen molar-refractivity contribution in [2.75, 3.05) is 18.5 Å². The third-order valence-electron chi connectivity index (χ3n) is 3.72.